The Balaban J connectivity index is 1.65. The maximum atomic E-state index is 4.07. The highest BCUT2D eigenvalue weighted by atomic mass is 14.9. The first-order valence-electron chi connectivity index (χ1n) is 8.66. The highest BCUT2D eigenvalue weighted by Crippen LogP contribution is 2.16. The minimum atomic E-state index is 0.734. The zero-order valence-corrected chi connectivity index (χ0v) is 12.9. The van der Waals surface area contributed by atoms with Crippen LogP contribution < -0.4 is 5.32 Å². The molecule has 1 aromatic heterocycles. The summed E-state index contributed by atoms with van der Waals surface area (Å²) < 4.78 is 0. The molecule has 20 heavy (non-hydrogen) atoms. The lowest BCUT2D eigenvalue weighted by molar-refractivity contribution is 0.405. The van der Waals surface area contributed by atoms with Crippen molar-refractivity contribution in [2.24, 2.45) is 0 Å². The Morgan fingerprint density at radius 1 is 0.950 bits per heavy atom. The van der Waals surface area contributed by atoms with Crippen molar-refractivity contribution in [1.82, 2.24) is 15.3 Å². The highest BCUT2D eigenvalue weighted by molar-refractivity contribution is 4.94. The molecular formula is C17H31N3. The van der Waals surface area contributed by atoms with Crippen molar-refractivity contribution in [3.05, 3.63) is 18.2 Å². The molecule has 1 fully saturated rings. The van der Waals surface area contributed by atoms with Crippen molar-refractivity contribution in [1.29, 1.82) is 0 Å². The van der Waals surface area contributed by atoms with Crippen LogP contribution in [0.4, 0.5) is 0 Å². The molecule has 0 saturated heterocycles. The molecule has 0 spiro atoms. The number of hydrogen-bond acceptors (Lipinski definition) is 2. The van der Waals surface area contributed by atoms with Gasteiger partial charge in [-0.05, 0) is 12.8 Å². The molecule has 0 atom stereocenters. The van der Waals surface area contributed by atoms with E-state index < -0.39 is 0 Å². The normalized spacial score (nSPS) is 20.2. The molecule has 1 aliphatic carbocycles. The summed E-state index contributed by atoms with van der Waals surface area (Å²) in [7, 11) is 0. The summed E-state index contributed by atoms with van der Waals surface area (Å²) in [6.45, 7) is 1.08. The van der Waals surface area contributed by atoms with E-state index in [4.69, 9.17) is 0 Å². The Morgan fingerprint density at radius 3 is 2.10 bits per heavy atom. The van der Waals surface area contributed by atoms with Crippen LogP contribution in [0.2, 0.25) is 0 Å². The number of aromatic nitrogens is 2. The topological polar surface area (TPSA) is 40.7 Å². The van der Waals surface area contributed by atoms with Crippen molar-refractivity contribution < 1.29 is 0 Å². The molecule has 3 nitrogen and oxygen atoms in total. The van der Waals surface area contributed by atoms with Gasteiger partial charge >= 0.3 is 0 Å². The Kier molecular flexibility index (Phi) is 7.76. The van der Waals surface area contributed by atoms with Crippen molar-refractivity contribution >= 4 is 0 Å². The minimum Gasteiger partial charge on any atom is -0.348 e. The van der Waals surface area contributed by atoms with Crippen LogP contribution in [-0.2, 0) is 6.42 Å². The van der Waals surface area contributed by atoms with Gasteiger partial charge < -0.3 is 10.3 Å². The first kappa shape index (κ1) is 15.6. The third kappa shape index (κ3) is 6.56. The minimum absolute atomic E-state index is 0.734. The Labute approximate surface area is 124 Å². The summed E-state index contributed by atoms with van der Waals surface area (Å²) in [4.78, 5) is 7.25. The van der Waals surface area contributed by atoms with Crippen molar-refractivity contribution in [3.8, 4) is 0 Å². The molecule has 114 valence electrons. The zero-order valence-electron chi connectivity index (χ0n) is 12.9. The summed E-state index contributed by atoms with van der Waals surface area (Å²) in [5.41, 5.74) is 1.24. The van der Waals surface area contributed by atoms with Gasteiger partial charge in [0.15, 0.2) is 0 Å². The van der Waals surface area contributed by atoms with Gasteiger partial charge in [0.1, 0.15) is 0 Å². The molecule has 1 aliphatic rings. The number of imidazole rings is 1. The Bertz CT molecular complexity index is 309. The number of nitrogens with one attached hydrogen (secondary N) is 2. The number of hydrogen-bond donors (Lipinski definition) is 2. The predicted molar refractivity (Wildman–Crippen MR) is 84.9 cm³/mol. The molecule has 0 aromatic carbocycles. The molecule has 1 saturated carbocycles. The summed E-state index contributed by atoms with van der Waals surface area (Å²) in [6, 6.07) is 0.734. The molecule has 0 unspecified atom stereocenters. The number of H-pyrrole nitrogens is 1. The van der Waals surface area contributed by atoms with E-state index in [1.54, 1.807) is 6.33 Å². The van der Waals surface area contributed by atoms with Gasteiger partial charge in [0.25, 0.3) is 0 Å². The lowest BCUT2D eigenvalue weighted by atomic mass is 9.98. The average molecular weight is 277 g/mol. The zero-order chi connectivity index (χ0) is 13.9. The molecule has 0 bridgehead atoms. The lowest BCUT2D eigenvalue weighted by Gasteiger charge is -2.19. The van der Waals surface area contributed by atoms with Crippen LogP contribution in [0.1, 0.15) is 76.3 Å². The van der Waals surface area contributed by atoms with E-state index in [-0.39, 0.29) is 0 Å². The predicted octanol–water partition coefficient (Wildman–Crippen LogP) is 4.22. The van der Waals surface area contributed by atoms with Gasteiger partial charge in [0.05, 0.1) is 6.33 Å². The van der Waals surface area contributed by atoms with Crippen molar-refractivity contribution in [2.75, 3.05) is 6.54 Å². The maximum absolute atomic E-state index is 4.07. The van der Waals surface area contributed by atoms with E-state index in [0.717, 1.165) is 19.0 Å². The maximum Gasteiger partial charge on any atom is 0.0921 e. The third-order valence-corrected chi connectivity index (χ3v) is 4.49. The van der Waals surface area contributed by atoms with Crippen molar-refractivity contribution in [3.63, 3.8) is 0 Å². The van der Waals surface area contributed by atoms with Gasteiger partial charge in [-0.3, -0.25) is 0 Å². The second-order valence-corrected chi connectivity index (χ2v) is 6.24. The van der Waals surface area contributed by atoms with Crippen LogP contribution in [0.3, 0.4) is 0 Å². The van der Waals surface area contributed by atoms with Crippen molar-refractivity contribution in [2.45, 2.75) is 83.1 Å². The van der Waals surface area contributed by atoms with E-state index >= 15 is 0 Å². The van der Waals surface area contributed by atoms with E-state index in [1.807, 2.05) is 6.20 Å². The van der Waals surface area contributed by atoms with Gasteiger partial charge in [-0.2, -0.15) is 0 Å². The molecular weight excluding hydrogens is 246 g/mol. The highest BCUT2D eigenvalue weighted by Gasteiger charge is 2.08. The Morgan fingerprint density at radius 2 is 1.55 bits per heavy atom. The number of nitrogens with zero attached hydrogens (tertiary/aromatic N) is 1. The summed E-state index contributed by atoms with van der Waals surface area (Å²) in [5, 5.41) is 3.76. The molecule has 3 heteroatoms. The van der Waals surface area contributed by atoms with Gasteiger partial charge in [-0.25, -0.2) is 4.98 Å². The molecule has 0 radical (unpaired) electrons. The molecule has 1 aromatic rings. The molecule has 2 rings (SSSR count). The van der Waals surface area contributed by atoms with Gasteiger partial charge in [-0.15, -0.1) is 0 Å². The largest absolute Gasteiger partial charge is 0.348 e. The fourth-order valence-corrected chi connectivity index (χ4v) is 3.20. The molecule has 0 amide bonds. The van der Waals surface area contributed by atoms with E-state index in [1.165, 1.54) is 76.3 Å². The van der Waals surface area contributed by atoms with Gasteiger partial charge in [0, 0.05) is 30.9 Å². The summed E-state index contributed by atoms with van der Waals surface area (Å²) in [5.74, 6) is 0. The second kappa shape index (κ2) is 9.98. The average Bonchev–Trinajstić information content (AvgIpc) is 2.94. The molecule has 2 N–H and O–H groups in total. The third-order valence-electron chi connectivity index (χ3n) is 4.49. The lowest BCUT2D eigenvalue weighted by Crippen LogP contribution is -2.31. The summed E-state index contributed by atoms with van der Waals surface area (Å²) >= 11 is 0. The van der Waals surface area contributed by atoms with Crippen LogP contribution in [0.15, 0.2) is 12.5 Å². The molecule has 0 aliphatic heterocycles. The van der Waals surface area contributed by atoms with Crippen LogP contribution >= 0.6 is 0 Å². The van der Waals surface area contributed by atoms with Crippen LogP contribution in [0.25, 0.3) is 0 Å². The monoisotopic (exact) mass is 277 g/mol. The summed E-state index contributed by atoms with van der Waals surface area (Å²) in [6.07, 6.45) is 20.4. The Hall–Kier alpha value is -0.830. The van der Waals surface area contributed by atoms with E-state index in [2.05, 4.69) is 15.3 Å². The van der Waals surface area contributed by atoms with Gasteiger partial charge in [0.2, 0.25) is 0 Å². The van der Waals surface area contributed by atoms with Gasteiger partial charge in [-0.1, -0.05) is 57.8 Å². The fourth-order valence-electron chi connectivity index (χ4n) is 3.20. The first-order chi connectivity index (χ1) is 9.95. The smallest absolute Gasteiger partial charge is 0.0921 e. The van der Waals surface area contributed by atoms with Crippen LogP contribution in [-0.4, -0.2) is 22.6 Å². The van der Waals surface area contributed by atoms with Crippen LogP contribution in [0.5, 0.6) is 0 Å². The standard InChI is InChI=1S/C17H31N3/c1-2-4-6-8-10-16(11-9-7-5-3-1)19-13-12-17-14-18-15-20-17/h14-16,19H,1-13H2,(H,18,20). The SMILES string of the molecule is c1ncc(CCNC2CCCCCCCCCCC2)[nH]1. The number of rotatable bonds is 4. The molecule has 1 heterocycles. The number of aromatic amines is 1. The quantitative estimate of drug-likeness (QED) is 0.865. The second-order valence-electron chi connectivity index (χ2n) is 6.24. The van der Waals surface area contributed by atoms with E-state index in [9.17, 15) is 0 Å². The first-order valence-corrected chi connectivity index (χ1v) is 8.66. The van der Waals surface area contributed by atoms with E-state index in [0.29, 0.717) is 0 Å². The van der Waals surface area contributed by atoms with Crippen LogP contribution in [0, 0.1) is 0 Å². The fraction of sp³-hybridized carbons (Fsp3) is 0.824.